The maximum Gasteiger partial charge on any atom is 0.232 e. The number of rotatable bonds is 19. The van der Waals surface area contributed by atoms with Crippen LogP contribution in [0.15, 0.2) is 30.7 Å². The van der Waals surface area contributed by atoms with Gasteiger partial charge in [0.1, 0.15) is 5.69 Å². The Balaban J connectivity index is 1.04. The molecule has 2 saturated carbocycles. The van der Waals surface area contributed by atoms with Crippen LogP contribution in [0.25, 0.3) is 11.4 Å². The molecule has 4 nitrogen and oxygen atoms in total. The molecule has 2 heterocycles. The zero-order chi connectivity index (χ0) is 23.3. The molecule has 2 aliphatic rings. The van der Waals surface area contributed by atoms with E-state index in [4.69, 9.17) is 4.74 Å². The van der Waals surface area contributed by atoms with E-state index >= 15 is 0 Å². The van der Waals surface area contributed by atoms with Gasteiger partial charge in [0.05, 0.1) is 24.7 Å². The summed E-state index contributed by atoms with van der Waals surface area (Å²) in [6.45, 7) is 0.727. The zero-order valence-corrected chi connectivity index (χ0v) is 21.2. The Morgan fingerprint density at radius 1 is 0.588 bits per heavy atom. The van der Waals surface area contributed by atoms with Crippen molar-refractivity contribution in [1.82, 2.24) is 15.0 Å². The molecule has 0 N–H and O–H groups in total. The van der Waals surface area contributed by atoms with Crippen LogP contribution in [-0.2, 0) is 6.42 Å². The van der Waals surface area contributed by atoms with E-state index in [2.05, 4.69) is 27.1 Å². The van der Waals surface area contributed by atoms with E-state index in [1.165, 1.54) is 108 Å². The van der Waals surface area contributed by atoms with Crippen molar-refractivity contribution in [2.24, 2.45) is 11.8 Å². The number of hydrogen-bond acceptors (Lipinski definition) is 4. The molecule has 0 saturated heterocycles. The minimum atomic E-state index is 0.612. The third-order valence-corrected chi connectivity index (χ3v) is 7.44. The molecule has 0 aliphatic heterocycles. The Morgan fingerprint density at radius 3 is 1.79 bits per heavy atom. The van der Waals surface area contributed by atoms with Crippen LogP contribution in [-0.4, -0.2) is 21.6 Å². The Bertz CT molecular complexity index is 797. The number of aryl methyl sites for hydroxylation is 1. The third-order valence-electron chi connectivity index (χ3n) is 7.44. The summed E-state index contributed by atoms with van der Waals surface area (Å²) in [6, 6.07) is 4.26. The van der Waals surface area contributed by atoms with E-state index in [0.717, 1.165) is 42.7 Å². The molecule has 0 radical (unpaired) electrons. The molecule has 4 rings (SSSR count). The predicted molar refractivity (Wildman–Crippen MR) is 140 cm³/mol. The Hall–Kier alpha value is -1.97. The van der Waals surface area contributed by atoms with Gasteiger partial charge in [-0.3, -0.25) is 4.98 Å². The molecule has 2 aromatic heterocycles. The Labute approximate surface area is 207 Å². The quantitative estimate of drug-likeness (QED) is 0.196. The number of nitrogens with zero attached hydrogens (tertiary/aromatic N) is 3. The highest BCUT2D eigenvalue weighted by atomic mass is 16.5. The molecule has 2 aliphatic carbocycles. The second-order valence-corrected chi connectivity index (χ2v) is 10.7. The number of unbranched alkanes of at least 4 members (excludes halogenated alkanes) is 9. The molecule has 34 heavy (non-hydrogen) atoms. The highest BCUT2D eigenvalue weighted by Gasteiger charge is 2.20. The van der Waals surface area contributed by atoms with Crippen molar-refractivity contribution in [3.63, 3.8) is 0 Å². The normalized spacial score (nSPS) is 15.5. The highest BCUT2D eigenvalue weighted by Crippen LogP contribution is 2.34. The van der Waals surface area contributed by atoms with Crippen LogP contribution in [0.2, 0.25) is 0 Å². The molecule has 4 heteroatoms. The fourth-order valence-corrected chi connectivity index (χ4v) is 4.77. The smallest absolute Gasteiger partial charge is 0.232 e. The van der Waals surface area contributed by atoms with Crippen molar-refractivity contribution in [1.29, 1.82) is 0 Å². The first-order chi connectivity index (χ1) is 16.9. The van der Waals surface area contributed by atoms with Crippen LogP contribution >= 0.6 is 0 Å². The summed E-state index contributed by atoms with van der Waals surface area (Å²) in [6.07, 6.45) is 30.2. The summed E-state index contributed by atoms with van der Waals surface area (Å²) in [5.74, 6) is 2.77. The van der Waals surface area contributed by atoms with Crippen LogP contribution in [0, 0.1) is 11.8 Å². The molecule has 2 fully saturated rings. The second kappa shape index (κ2) is 14.4. The largest absolute Gasteiger partial charge is 0.477 e. The second-order valence-electron chi connectivity index (χ2n) is 10.7. The van der Waals surface area contributed by atoms with Gasteiger partial charge in [0.25, 0.3) is 0 Å². The first-order valence-corrected chi connectivity index (χ1v) is 14.3. The predicted octanol–water partition coefficient (Wildman–Crippen LogP) is 8.35. The monoisotopic (exact) mass is 463 g/mol. The lowest BCUT2D eigenvalue weighted by Crippen LogP contribution is -2.00. The topological polar surface area (TPSA) is 47.9 Å². The number of aromatic nitrogens is 3. The summed E-state index contributed by atoms with van der Waals surface area (Å²) < 4.78 is 5.77. The van der Waals surface area contributed by atoms with Crippen LogP contribution < -0.4 is 4.74 Å². The van der Waals surface area contributed by atoms with Gasteiger partial charge in [-0.1, -0.05) is 102 Å². The maximum absolute atomic E-state index is 5.77. The number of hydrogen-bond donors (Lipinski definition) is 0. The molecule has 0 spiro atoms. The van der Waals surface area contributed by atoms with Crippen LogP contribution in [0.4, 0.5) is 0 Å². The molecule has 0 amide bonds. The molecule has 186 valence electrons. The van der Waals surface area contributed by atoms with Crippen LogP contribution in [0.1, 0.15) is 115 Å². The molecule has 2 aromatic rings. The van der Waals surface area contributed by atoms with Gasteiger partial charge < -0.3 is 4.74 Å². The Morgan fingerprint density at radius 2 is 1.21 bits per heavy atom. The summed E-state index contributed by atoms with van der Waals surface area (Å²) in [4.78, 5) is 13.6. The van der Waals surface area contributed by atoms with Crippen LogP contribution in [0.5, 0.6) is 5.88 Å². The van der Waals surface area contributed by atoms with Gasteiger partial charge in [0, 0.05) is 6.20 Å². The average molecular weight is 464 g/mol. The Kier molecular flexibility index (Phi) is 10.7. The first kappa shape index (κ1) is 25.1. The lowest BCUT2D eigenvalue weighted by atomic mass is 10.0. The van der Waals surface area contributed by atoms with Gasteiger partial charge in [-0.25, -0.2) is 9.97 Å². The van der Waals surface area contributed by atoms with E-state index in [9.17, 15) is 0 Å². The van der Waals surface area contributed by atoms with Crippen molar-refractivity contribution in [2.45, 2.75) is 116 Å². The van der Waals surface area contributed by atoms with Gasteiger partial charge in [-0.2, -0.15) is 0 Å². The van der Waals surface area contributed by atoms with Crippen molar-refractivity contribution in [3.05, 3.63) is 36.3 Å². The lowest BCUT2D eigenvalue weighted by Gasteiger charge is -2.06. The average Bonchev–Trinajstić information content (AvgIpc) is 3.79. The van der Waals surface area contributed by atoms with Gasteiger partial charge in [-0.15, -0.1) is 0 Å². The van der Waals surface area contributed by atoms with Gasteiger partial charge in [0.15, 0.2) is 0 Å². The van der Waals surface area contributed by atoms with Gasteiger partial charge >= 0.3 is 0 Å². The van der Waals surface area contributed by atoms with Crippen molar-refractivity contribution in [2.75, 3.05) is 6.61 Å². The minimum absolute atomic E-state index is 0.612. The number of ether oxygens (including phenoxy) is 1. The van der Waals surface area contributed by atoms with E-state index < -0.39 is 0 Å². The molecular formula is C30H45N3O. The SMILES string of the molecule is c1cc(-c2cnc(OCCCCCCC3CC3)cn2)ncc1CCCCCCCCCC1CC1. The van der Waals surface area contributed by atoms with E-state index in [1.54, 1.807) is 12.4 Å². The molecule has 0 atom stereocenters. The molecule has 0 unspecified atom stereocenters. The summed E-state index contributed by atoms with van der Waals surface area (Å²) in [7, 11) is 0. The van der Waals surface area contributed by atoms with E-state index in [0.29, 0.717) is 5.88 Å². The fraction of sp³-hybridized carbons (Fsp3) is 0.700. The molecular weight excluding hydrogens is 418 g/mol. The van der Waals surface area contributed by atoms with E-state index in [1.807, 2.05) is 6.20 Å². The lowest BCUT2D eigenvalue weighted by molar-refractivity contribution is 0.292. The van der Waals surface area contributed by atoms with Crippen molar-refractivity contribution >= 4 is 0 Å². The van der Waals surface area contributed by atoms with Gasteiger partial charge in [0.2, 0.25) is 5.88 Å². The number of pyridine rings is 1. The van der Waals surface area contributed by atoms with Crippen LogP contribution in [0.3, 0.4) is 0 Å². The molecule has 0 aromatic carbocycles. The summed E-state index contributed by atoms with van der Waals surface area (Å²) >= 11 is 0. The third kappa shape index (κ3) is 10.1. The fourth-order valence-electron chi connectivity index (χ4n) is 4.77. The summed E-state index contributed by atoms with van der Waals surface area (Å²) in [5.41, 5.74) is 3.00. The first-order valence-electron chi connectivity index (χ1n) is 14.3. The van der Waals surface area contributed by atoms with Gasteiger partial charge in [-0.05, 0) is 42.7 Å². The maximum atomic E-state index is 5.77. The highest BCUT2D eigenvalue weighted by molar-refractivity contribution is 5.52. The van der Waals surface area contributed by atoms with Crippen molar-refractivity contribution < 1.29 is 4.74 Å². The minimum Gasteiger partial charge on any atom is -0.477 e. The standard InChI is InChI=1S/C30H45N3O/c1(2-4-8-12-25-15-16-25)3-5-10-14-27-19-20-28(31-22-27)29-23-33-30(24-32-29)34-21-11-7-6-9-13-26-17-18-26/h19-20,22-26H,1-18,21H2. The summed E-state index contributed by atoms with van der Waals surface area (Å²) in [5, 5.41) is 0. The molecule has 0 bridgehead atoms. The zero-order valence-electron chi connectivity index (χ0n) is 21.2. The van der Waals surface area contributed by atoms with E-state index in [-0.39, 0.29) is 0 Å². The van der Waals surface area contributed by atoms with Crippen molar-refractivity contribution in [3.8, 4) is 17.3 Å².